The molecule has 1 N–H and O–H groups in total. The summed E-state index contributed by atoms with van der Waals surface area (Å²) in [5.74, 6) is 1.58. The van der Waals surface area contributed by atoms with E-state index in [2.05, 4.69) is 5.32 Å². The highest BCUT2D eigenvalue weighted by Gasteiger charge is 2.05. The van der Waals surface area contributed by atoms with Crippen LogP contribution in [-0.4, -0.2) is 27.2 Å². The molecule has 6 heteroatoms. The van der Waals surface area contributed by atoms with Gasteiger partial charge in [0, 0.05) is 17.3 Å². The maximum Gasteiger partial charge on any atom is 0.248 e. The van der Waals surface area contributed by atoms with Crippen LogP contribution in [0.15, 0.2) is 42.5 Å². The summed E-state index contributed by atoms with van der Waals surface area (Å²) < 4.78 is 15.5. The Morgan fingerprint density at radius 2 is 1.71 bits per heavy atom. The second kappa shape index (κ2) is 8.26. The molecule has 0 aliphatic rings. The molecule has 2 aromatic carbocycles. The summed E-state index contributed by atoms with van der Waals surface area (Å²) in [4.78, 5) is 12.1. The average molecular weight is 348 g/mol. The van der Waals surface area contributed by atoms with Gasteiger partial charge in [0.15, 0.2) is 0 Å². The molecule has 0 radical (unpaired) electrons. The van der Waals surface area contributed by atoms with Crippen LogP contribution in [0.25, 0.3) is 6.08 Å². The number of carbonyl (C=O) groups is 1. The van der Waals surface area contributed by atoms with Gasteiger partial charge in [-0.05, 0) is 42.5 Å². The van der Waals surface area contributed by atoms with Crippen molar-refractivity contribution in [2.75, 3.05) is 26.6 Å². The molecule has 24 heavy (non-hydrogen) atoms. The Hall–Kier alpha value is -2.66. The third-order valence-corrected chi connectivity index (χ3v) is 3.57. The number of methoxy groups -OCH3 is 3. The summed E-state index contributed by atoms with van der Waals surface area (Å²) in [6.07, 6.45) is 3.07. The topological polar surface area (TPSA) is 56.8 Å². The van der Waals surface area contributed by atoms with Gasteiger partial charge >= 0.3 is 0 Å². The second-order valence-electron chi connectivity index (χ2n) is 4.78. The normalized spacial score (nSPS) is 10.5. The molecule has 1 amide bonds. The summed E-state index contributed by atoms with van der Waals surface area (Å²) in [5, 5.41) is 3.16. The van der Waals surface area contributed by atoms with E-state index < -0.39 is 0 Å². The molecule has 0 saturated carbocycles. The predicted molar refractivity (Wildman–Crippen MR) is 95.2 cm³/mol. The minimum Gasteiger partial charge on any atom is -0.497 e. The smallest absolute Gasteiger partial charge is 0.248 e. The van der Waals surface area contributed by atoms with Crippen molar-refractivity contribution in [2.45, 2.75) is 0 Å². The van der Waals surface area contributed by atoms with E-state index in [4.69, 9.17) is 25.8 Å². The van der Waals surface area contributed by atoms with Crippen LogP contribution in [0.1, 0.15) is 5.56 Å². The SMILES string of the molecule is COc1ccc(OC)c(/C=C/C(=O)Nc2ccc(OC)c(Cl)c2)c1. The van der Waals surface area contributed by atoms with E-state index in [0.29, 0.717) is 28.0 Å². The van der Waals surface area contributed by atoms with E-state index in [1.165, 1.54) is 13.2 Å². The zero-order valence-electron chi connectivity index (χ0n) is 13.6. The Morgan fingerprint density at radius 3 is 2.33 bits per heavy atom. The van der Waals surface area contributed by atoms with E-state index in [9.17, 15) is 4.79 Å². The fourth-order valence-electron chi connectivity index (χ4n) is 2.06. The molecule has 0 atom stereocenters. The van der Waals surface area contributed by atoms with Crippen molar-refractivity contribution < 1.29 is 19.0 Å². The molecule has 0 heterocycles. The van der Waals surface area contributed by atoms with E-state index >= 15 is 0 Å². The van der Waals surface area contributed by atoms with Crippen LogP contribution >= 0.6 is 11.6 Å². The van der Waals surface area contributed by atoms with Crippen molar-refractivity contribution in [1.82, 2.24) is 0 Å². The van der Waals surface area contributed by atoms with Crippen molar-refractivity contribution in [3.8, 4) is 17.2 Å². The summed E-state index contributed by atoms with van der Waals surface area (Å²) >= 11 is 6.03. The van der Waals surface area contributed by atoms with Gasteiger partial charge in [-0.2, -0.15) is 0 Å². The van der Waals surface area contributed by atoms with Crippen LogP contribution in [0.2, 0.25) is 5.02 Å². The Labute approximate surface area is 145 Å². The van der Waals surface area contributed by atoms with E-state index in [0.717, 1.165) is 5.56 Å². The maximum absolute atomic E-state index is 12.1. The Balaban J connectivity index is 2.12. The van der Waals surface area contributed by atoms with Crippen molar-refractivity contribution in [3.63, 3.8) is 0 Å². The van der Waals surface area contributed by atoms with Crippen LogP contribution < -0.4 is 19.5 Å². The molecule has 0 bridgehead atoms. The van der Waals surface area contributed by atoms with Crippen molar-refractivity contribution in [2.24, 2.45) is 0 Å². The van der Waals surface area contributed by atoms with Crippen LogP contribution in [0.5, 0.6) is 17.2 Å². The highest BCUT2D eigenvalue weighted by molar-refractivity contribution is 6.32. The first-order valence-electron chi connectivity index (χ1n) is 7.12. The minimum absolute atomic E-state index is 0.291. The number of carbonyl (C=O) groups excluding carboxylic acids is 1. The van der Waals surface area contributed by atoms with Crippen LogP contribution in [0.3, 0.4) is 0 Å². The van der Waals surface area contributed by atoms with Crippen molar-refractivity contribution in [1.29, 1.82) is 0 Å². The molecule has 0 unspecified atom stereocenters. The first-order valence-corrected chi connectivity index (χ1v) is 7.49. The Bertz CT molecular complexity index is 759. The van der Waals surface area contributed by atoms with Crippen molar-refractivity contribution >= 4 is 29.3 Å². The minimum atomic E-state index is -0.291. The van der Waals surface area contributed by atoms with Gasteiger partial charge in [0.05, 0.1) is 26.4 Å². The van der Waals surface area contributed by atoms with Gasteiger partial charge < -0.3 is 19.5 Å². The van der Waals surface area contributed by atoms with E-state index in [1.54, 1.807) is 56.7 Å². The second-order valence-corrected chi connectivity index (χ2v) is 5.19. The molecule has 2 aromatic rings. The maximum atomic E-state index is 12.1. The lowest BCUT2D eigenvalue weighted by Gasteiger charge is -2.08. The number of halogens is 1. The third kappa shape index (κ3) is 4.43. The monoisotopic (exact) mass is 347 g/mol. The van der Waals surface area contributed by atoms with Crippen molar-refractivity contribution in [3.05, 3.63) is 53.1 Å². The first-order chi connectivity index (χ1) is 11.6. The number of nitrogens with one attached hydrogen (secondary N) is 1. The average Bonchev–Trinajstić information content (AvgIpc) is 2.59. The molecule has 0 saturated heterocycles. The molecule has 0 aliphatic heterocycles. The number of ether oxygens (including phenoxy) is 3. The zero-order valence-corrected chi connectivity index (χ0v) is 14.4. The lowest BCUT2D eigenvalue weighted by Crippen LogP contribution is -2.07. The largest absolute Gasteiger partial charge is 0.497 e. The molecule has 0 fully saturated rings. The lowest BCUT2D eigenvalue weighted by molar-refractivity contribution is -0.111. The zero-order chi connectivity index (χ0) is 17.5. The van der Waals surface area contributed by atoms with Gasteiger partial charge in [-0.3, -0.25) is 4.79 Å². The van der Waals surface area contributed by atoms with Gasteiger partial charge in [0.1, 0.15) is 17.2 Å². The van der Waals surface area contributed by atoms with Crippen LogP contribution in [0, 0.1) is 0 Å². The standard InChI is InChI=1S/C18H18ClNO4/c1-22-14-6-8-16(23-2)12(10-14)4-9-18(21)20-13-5-7-17(24-3)15(19)11-13/h4-11H,1-3H3,(H,20,21)/b9-4+. The fourth-order valence-corrected chi connectivity index (χ4v) is 2.32. The van der Waals surface area contributed by atoms with E-state index in [1.807, 2.05) is 0 Å². The van der Waals surface area contributed by atoms with Gasteiger partial charge in [0.25, 0.3) is 0 Å². The van der Waals surface area contributed by atoms with Gasteiger partial charge in [-0.1, -0.05) is 11.6 Å². The number of hydrogen-bond acceptors (Lipinski definition) is 4. The molecule has 0 aliphatic carbocycles. The number of hydrogen-bond donors (Lipinski definition) is 1. The molecule has 0 spiro atoms. The molecular formula is C18H18ClNO4. The molecule has 126 valence electrons. The highest BCUT2D eigenvalue weighted by Crippen LogP contribution is 2.27. The van der Waals surface area contributed by atoms with Crippen LogP contribution in [0.4, 0.5) is 5.69 Å². The summed E-state index contributed by atoms with van der Waals surface area (Å²) in [6, 6.07) is 10.4. The van der Waals surface area contributed by atoms with Gasteiger partial charge in [-0.15, -0.1) is 0 Å². The summed E-state index contributed by atoms with van der Waals surface area (Å²) in [7, 11) is 4.68. The summed E-state index contributed by atoms with van der Waals surface area (Å²) in [5.41, 5.74) is 1.31. The van der Waals surface area contributed by atoms with Gasteiger partial charge in [0.2, 0.25) is 5.91 Å². The highest BCUT2D eigenvalue weighted by atomic mass is 35.5. The Kier molecular flexibility index (Phi) is 6.09. The number of amides is 1. The molecular weight excluding hydrogens is 330 g/mol. The predicted octanol–water partition coefficient (Wildman–Crippen LogP) is 4.02. The fraction of sp³-hybridized carbons (Fsp3) is 0.167. The summed E-state index contributed by atoms with van der Waals surface area (Å²) in [6.45, 7) is 0. The third-order valence-electron chi connectivity index (χ3n) is 3.27. The molecule has 2 rings (SSSR count). The quantitative estimate of drug-likeness (QED) is 0.802. The van der Waals surface area contributed by atoms with E-state index in [-0.39, 0.29) is 5.91 Å². The Morgan fingerprint density at radius 1 is 1.00 bits per heavy atom. The number of rotatable bonds is 6. The lowest BCUT2D eigenvalue weighted by atomic mass is 10.1. The molecule has 5 nitrogen and oxygen atoms in total. The number of anilines is 1. The molecule has 0 aromatic heterocycles. The first kappa shape index (κ1) is 17.7. The number of benzene rings is 2. The van der Waals surface area contributed by atoms with Crippen LogP contribution in [-0.2, 0) is 4.79 Å². The van der Waals surface area contributed by atoms with Gasteiger partial charge in [-0.25, -0.2) is 0 Å².